The van der Waals surface area contributed by atoms with Gasteiger partial charge in [-0.25, -0.2) is 0 Å². The first-order valence-electron chi connectivity index (χ1n) is 9.60. The maximum Gasteiger partial charge on any atom is 0.259 e. The molecule has 7 rings (SSSR count). The lowest BCUT2D eigenvalue weighted by atomic mass is 9.96. The number of imide groups is 1. The number of aryl methyl sites for hydroxylation is 2. The van der Waals surface area contributed by atoms with Crippen molar-refractivity contribution in [3.05, 3.63) is 59.2 Å². The summed E-state index contributed by atoms with van der Waals surface area (Å²) in [5.74, 6) is -0.593. The summed E-state index contributed by atoms with van der Waals surface area (Å²) in [6.45, 7) is 0.913. The van der Waals surface area contributed by atoms with Crippen LogP contribution in [0.4, 0.5) is 0 Å². The lowest BCUT2D eigenvalue weighted by Gasteiger charge is -2.16. The zero-order chi connectivity index (χ0) is 18.6. The molecule has 0 saturated carbocycles. The number of rotatable bonds is 0. The summed E-state index contributed by atoms with van der Waals surface area (Å²) in [4.78, 5) is 29.2. The van der Waals surface area contributed by atoms with Crippen LogP contribution >= 0.6 is 0 Å². The molecule has 0 saturated heterocycles. The third kappa shape index (κ3) is 1.47. The van der Waals surface area contributed by atoms with Crippen molar-refractivity contribution in [3.8, 4) is 0 Å². The third-order valence-corrected chi connectivity index (χ3v) is 6.37. The van der Waals surface area contributed by atoms with E-state index < -0.39 is 0 Å². The van der Waals surface area contributed by atoms with E-state index in [1.165, 1.54) is 11.1 Å². The second-order valence-corrected chi connectivity index (χ2v) is 7.75. The quantitative estimate of drug-likeness (QED) is 0.403. The number of H-pyrrole nitrogens is 1. The molecule has 2 aliphatic rings. The number of aromatic nitrogens is 2. The highest BCUT2D eigenvalue weighted by Gasteiger charge is 2.36. The minimum atomic E-state index is -0.302. The third-order valence-electron chi connectivity index (χ3n) is 6.37. The lowest BCUT2D eigenvalue weighted by Crippen LogP contribution is -2.20. The molecule has 5 heteroatoms. The molecule has 4 heterocycles. The van der Waals surface area contributed by atoms with E-state index in [1.54, 1.807) is 0 Å². The predicted octanol–water partition coefficient (Wildman–Crippen LogP) is 4.26. The highest BCUT2D eigenvalue weighted by Crippen LogP contribution is 2.44. The average molecular weight is 365 g/mol. The Balaban J connectivity index is 1.90. The normalized spacial score (nSPS) is 15.9. The van der Waals surface area contributed by atoms with Gasteiger partial charge in [0.1, 0.15) is 0 Å². The fourth-order valence-electron chi connectivity index (χ4n) is 5.36. The van der Waals surface area contributed by atoms with Crippen molar-refractivity contribution in [2.24, 2.45) is 0 Å². The van der Waals surface area contributed by atoms with Crippen LogP contribution < -0.4 is 5.32 Å². The minimum absolute atomic E-state index is 0.291. The summed E-state index contributed by atoms with van der Waals surface area (Å²) in [7, 11) is 0. The van der Waals surface area contributed by atoms with Crippen LogP contribution in [0.1, 0.15) is 32.7 Å². The summed E-state index contributed by atoms with van der Waals surface area (Å²) in [5, 5.41) is 6.34. The minimum Gasteiger partial charge on any atom is -0.353 e. The van der Waals surface area contributed by atoms with E-state index >= 15 is 0 Å². The first-order chi connectivity index (χ1) is 13.7. The Kier molecular flexibility index (Phi) is 2.39. The van der Waals surface area contributed by atoms with Gasteiger partial charge < -0.3 is 9.55 Å². The molecule has 0 unspecified atom stereocenters. The number of amides is 2. The van der Waals surface area contributed by atoms with Crippen molar-refractivity contribution in [1.82, 2.24) is 14.9 Å². The van der Waals surface area contributed by atoms with Gasteiger partial charge in [-0.2, -0.15) is 0 Å². The number of nitrogens with zero attached hydrogens (tertiary/aromatic N) is 1. The summed E-state index contributed by atoms with van der Waals surface area (Å²) in [6, 6.07) is 14.3. The van der Waals surface area contributed by atoms with Crippen LogP contribution in [0.2, 0.25) is 0 Å². The van der Waals surface area contributed by atoms with E-state index in [0.29, 0.717) is 11.1 Å². The number of para-hydroxylation sites is 2. The topological polar surface area (TPSA) is 66.9 Å². The first kappa shape index (κ1) is 14.5. The molecule has 0 bridgehead atoms. The van der Waals surface area contributed by atoms with Crippen molar-refractivity contribution >= 4 is 55.4 Å². The Morgan fingerprint density at radius 2 is 1.61 bits per heavy atom. The maximum atomic E-state index is 12.9. The van der Waals surface area contributed by atoms with E-state index in [2.05, 4.69) is 33.1 Å². The number of fused-ring (bicyclic) bond motifs is 10. The number of carbonyl (C=O) groups excluding carboxylic acids is 2. The SMILES string of the molecule is O=C1NC(=O)c2c1c1c3ccccc3[nH]c1c1c2c2cccc3c2n1CCC3. The Morgan fingerprint density at radius 1 is 0.821 bits per heavy atom. The number of aromatic amines is 1. The van der Waals surface area contributed by atoms with Gasteiger partial charge in [0.15, 0.2) is 0 Å². The molecule has 0 spiro atoms. The molecule has 0 atom stereocenters. The Hall–Kier alpha value is -3.60. The average Bonchev–Trinajstić information content (AvgIpc) is 3.34. The van der Waals surface area contributed by atoms with Crippen molar-refractivity contribution in [2.75, 3.05) is 0 Å². The smallest absolute Gasteiger partial charge is 0.259 e. The van der Waals surface area contributed by atoms with E-state index in [9.17, 15) is 9.59 Å². The highest BCUT2D eigenvalue weighted by atomic mass is 16.2. The number of hydrogen-bond donors (Lipinski definition) is 2. The molecule has 0 aliphatic carbocycles. The van der Waals surface area contributed by atoms with Crippen LogP contribution in [0.15, 0.2) is 42.5 Å². The molecule has 5 aromatic rings. The zero-order valence-corrected chi connectivity index (χ0v) is 14.9. The van der Waals surface area contributed by atoms with Crippen molar-refractivity contribution < 1.29 is 9.59 Å². The van der Waals surface area contributed by atoms with Crippen LogP contribution in [0, 0.1) is 0 Å². The van der Waals surface area contributed by atoms with E-state index in [0.717, 1.165) is 57.5 Å². The molecular formula is C23H15N3O2. The van der Waals surface area contributed by atoms with Crippen molar-refractivity contribution in [3.63, 3.8) is 0 Å². The summed E-state index contributed by atoms with van der Waals surface area (Å²) >= 11 is 0. The second-order valence-electron chi connectivity index (χ2n) is 7.75. The Labute approximate surface area is 158 Å². The van der Waals surface area contributed by atoms with Gasteiger partial charge >= 0.3 is 0 Å². The van der Waals surface area contributed by atoms with E-state index in [4.69, 9.17) is 0 Å². The number of nitrogens with one attached hydrogen (secondary N) is 2. The van der Waals surface area contributed by atoms with Crippen molar-refractivity contribution in [2.45, 2.75) is 19.4 Å². The molecule has 0 radical (unpaired) electrons. The number of benzene rings is 3. The Morgan fingerprint density at radius 3 is 2.50 bits per heavy atom. The fraction of sp³-hybridized carbons (Fsp3) is 0.130. The zero-order valence-electron chi connectivity index (χ0n) is 14.9. The van der Waals surface area contributed by atoms with Gasteiger partial charge in [0.2, 0.25) is 0 Å². The van der Waals surface area contributed by atoms with Crippen LogP contribution in [0.3, 0.4) is 0 Å². The fourth-order valence-corrected chi connectivity index (χ4v) is 5.36. The molecule has 5 nitrogen and oxygen atoms in total. The highest BCUT2D eigenvalue weighted by molar-refractivity contribution is 6.39. The molecular weight excluding hydrogens is 350 g/mol. The molecule has 2 N–H and O–H groups in total. The van der Waals surface area contributed by atoms with Crippen LogP contribution in [0.25, 0.3) is 43.6 Å². The first-order valence-corrected chi connectivity index (χ1v) is 9.60. The molecule has 2 aromatic heterocycles. The van der Waals surface area contributed by atoms with Crippen LogP contribution in [0.5, 0.6) is 0 Å². The van der Waals surface area contributed by atoms with Crippen LogP contribution in [-0.4, -0.2) is 21.4 Å². The molecule has 3 aromatic carbocycles. The van der Waals surface area contributed by atoms with Gasteiger partial charge in [-0.15, -0.1) is 0 Å². The van der Waals surface area contributed by atoms with Crippen LogP contribution in [-0.2, 0) is 13.0 Å². The molecule has 134 valence electrons. The largest absolute Gasteiger partial charge is 0.353 e. The second kappa shape index (κ2) is 4.62. The molecule has 2 amide bonds. The number of carbonyl (C=O) groups is 2. The summed E-state index contributed by atoms with van der Waals surface area (Å²) < 4.78 is 2.34. The summed E-state index contributed by atoms with van der Waals surface area (Å²) in [5.41, 5.74) is 6.51. The lowest BCUT2D eigenvalue weighted by molar-refractivity contribution is 0.0880. The van der Waals surface area contributed by atoms with Gasteiger partial charge in [-0.05, 0) is 24.5 Å². The van der Waals surface area contributed by atoms with Gasteiger partial charge in [0.25, 0.3) is 11.8 Å². The maximum absolute atomic E-state index is 12.9. The van der Waals surface area contributed by atoms with Gasteiger partial charge in [0.05, 0.1) is 27.7 Å². The number of hydrogen-bond acceptors (Lipinski definition) is 2. The van der Waals surface area contributed by atoms with Gasteiger partial charge in [-0.3, -0.25) is 14.9 Å². The van der Waals surface area contributed by atoms with E-state index in [1.807, 2.05) is 24.3 Å². The molecule has 0 fully saturated rings. The molecule has 2 aliphatic heterocycles. The molecule has 28 heavy (non-hydrogen) atoms. The van der Waals surface area contributed by atoms with E-state index in [-0.39, 0.29) is 11.8 Å². The predicted molar refractivity (Wildman–Crippen MR) is 109 cm³/mol. The monoisotopic (exact) mass is 365 g/mol. The summed E-state index contributed by atoms with van der Waals surface area (Å²) in [6.07, 6.45) is 2.11. The Bertz CT molecular complexity index is 1550. The van der Waals surface area contributed by atoms with Gasteiger partial charge in [0, 0.05) is 33.6 Å². The van der Waals surface area contributed by atoms with Crippen molar-refractivity contribution in [1.29, 1.82) is 0 Å². The standard InChI is InChI=1S/C23H15N3O2/c27-22-17-15-12-7-1-2-9-14(12)24-19(15)21-16(18(17)23(28)25-22)13-8-3-5-11-6-4-10-26(21)20(11)13/h1-3,5,7-9,24H,4,6,10H2,(H,25,27,28). The van der Waals surface area contributed by atoms with Gasteiger partial charge in [-0.1, -0.05) is 36.4 Å².